The zero-order valence-corrected chi connectivity index (χ0v) is 18.9. The van der Waals surface area contributed by atoms with E-state index in [1.54, 1.807) is 48.5 Å². The average Bonchev–Trinajstić information content (AvgIpc) is 3.58. The van der Waals surface area contributed by atoms with Gasteiger partial charge < -0.3 is 9.47 Å². The van der Waals surface area contributed by atoms with Gasteiger partial charge in [0.05, 0.1) is 23.1 Å². The normalized spacial score (nSPS) is 24.1. The van der Waals surface area contributed by atoms with Crippen LogP contribution in [0, 0.1) is 23.7 Å². The lowest BCUT2D eigenvalue weighted by Crippen LogP contribution is -2.32. The lowest BCUT2D eigenvalue weighted by molar-refractivity contribution is -0.123. The fourth-order valence-electron chi connectivity index (χ4n) is 5.41. The molecule has 0 N–H and O–H groups in total. The van der Waals surface area contributed by atoms with Crippen molar-refractivity contribution in [2.24, 2.45) is 23.7 Å². The highest BCUT2D eigenvalue weighted by molar-refractivity contribution is 6.22. The van der Waals surface area contributed by atoms with E-state index >= 15 is 0 Å². The number of nitrogens with zero attached hydrogens (tertiary/aromatic N) is 1. The number of hydrogen-bond donors (Lipinski definition) is 0. The fourth-order valence-corrected chi connectivity index (χ4v) is 5.41. The number of carbonyl (C=O) groups excluding carboxylic acids is 3. The maximum absolute atomic E-state index is 13.0. The lowest BCUT2D eigenvalue weighted by atomic mass is 9.85. The third kappa shape index (κ3) is 3.81. The Balaban J connectivity index is 1.07. The van der Waals surface area contributed by atoms with E-state index in [1.165, 1.54) is 4.90 Å². The van der Waals surface area contributed by atoms with Crippen molar-refractivity contribution in [3.63, 3.8) is 0 Å². The highest BCUT2D eigenvalue weighted by Gasteiger charge is 2.59. The van der Waals surface area contributed by atoms with Gasteiger partial charge in [0.25, 0.3) is 0 Å². The molecule has 0 spiro atoms. The number of imide groups is 1. The van der Waals surface area contributed by atoms with E-state index in [2.05, 4.69) is 12.2 Å². The Labute approximate surface area is 202 Å². The Morgan fingerprint density at radius 1 is 0.771 bits per heavy atom. The summed E-state index contributed by atoms with van der Waals surface area (Å²) in [6.07, 6.45) is 5.11. The molecule has 2 amide bonds. The first-order chi connectivity index (χ1) is 17.1. The second-order valence-corrected chi connectivity index (χ2v) is 9.19. The van der Waals surface area contributed by atoms with Crippen molar-refractivity contribution in [1.82, 2.24) is 0 Å². The number of carbonyl (C=O) groups is 3. The van der Waals surface area contributed by atoms with Gasteiger partial charge in [-0.1, -0.05) is 42.5 Å². The summed E-state index contributed by atoms with van der Waals surface area (Å²) in [5.41, 5.74) is 1.93. The van der Waals surface area contributed by atoms with Crippen LogP contribution in [0.5, 0.6) is 11.5 Å². The maximum Gasteiger partial charge on any atom is 0.343 e. The number of para-hydroxylation sites is 1. The highest BCUT2D eigenvalue weighted by atomic mass is 16.5. The molecule has 3 aromatic rings. The molecule has 2 bridgehead atoms. The molecule has 2 fully saturated rings. The van der Waals surface area contributed by atoms with Crippen LogP contribution in [0.3, 0.4) is 0 Å². The number of amides is 2. The summed E-state index contributed by atoms with van der Waals surface area (Å²) in [6.45, 7) is 0.314. The predicted molar refractivity (Wildman–Crippen MR) is 129 cm³/mol. The summed E-state index contributed by atoms with van der Waals surface area (Å²) in [7, 11) is 0. The first kappa shape index (κ1) is 21.4. The summed E-state index contributed by atoms with van der Waals surface area (Å²) in [5.74, 6) is 0.510. The molecule has 3 aliphatic rings. The van der Waals surface area contributed by atoms with Gasteiger partial charge in [-0.2, -0.15) is 0 Å². The smallest absolute Gasteiger partial charge is 0.343 e. The average molecular weight is 466 g/mol. The quantitative estimate of drug-likeness (QED) is 0.226. The van der Waals surface area contributed by atoms with Gasteiger partial charge in [0.2, 0.25) is 11.8 Å². The molecule has 1 saturated carbocycles. The van der Waals surface area contributed by atoms with Crippen molar-refractivity contribution >= 4 is 23.5 Å². The number of benzene rings is 3. The molecule has 2 aliphatic carbocycles. The molecular formula is C29H23NO5. The van der Waals surface area contributed by atoms with Crippen molar-refractivity contribution in [3.05, 3.63) is 102 Å². The summed E-state index contributed by atoms with van der Waals surface area (Å²) in [4.78, 5) is 39.6. The first-order valence-corrected chi connectivity index (χ1v) is 11.7. The van der Waals surface area contributed by atoms with Gasteiger partial charge in [-0.25, -0.2) is 4.79 Å². The van der Waals surface area contributed by atoms with Gasteiger partial charge in [-0.05, 0) is 72.4 Å². The van der Waals surface area contributed by atoms with Crippen molar-refractivity contribution < 1.29 is 23.9 Å². The molecule has 3 aromatic carbocycles. The van der Waals surface area contributed by atoms with Crippen LogP contribution in [0.2, 0.25) is 0 Å². The molecule has 4 atom stereocenters. The zero-order chi connectivity index (χ0) is 23.9. The van der Waals surface area contributed by atoms with E-state index in [0.29, 0.717) is 29.4 Å². The number of allylic oxidation sites excluding steroid dienone is 2. The molecule has 174 valence electrons. The number of rotatable bonds is 6. The largest absolute Gasteiger partial charge is 0.489 e. The highest BCUT2D eigenvalue weighted by Crippen LogP contribution is 2.53. The summed E-state index contributed by atoms with van der Waals surface area (Å²) >= 11 is 0. The molecule has 1 aliphatic heterocycles. The number of anilines is 1. The van der Waals surface area contributed by atoms with E-state index in [4.69, 9.17) is 9.47 Å². The van der Waals surface area contributed by atoms with E-state index in [9.17, 15) is 14.4 Å². The van der Waals surface area contributed by atoms with Gasteiger partial charge in [-0.3, -0.25) is 14.5 Å². The molecule has 0 unspecified atom stereocenters. The molecule has 0 aromatic heterocycles. The second-order valence-electron chi connectivity index (χ2n) is 9.19. The van der Waals surface area contributed by atoms with Crippen LogP contribution in [0.1, 0.15) is 22.3 Å². The topological polar surface area (TPSA) is 72.9 Å². The Morgan fingerprint density at radius 2 is 1.40 bits per heavy atom. The first-order valence-electron chi connectivity index (χ1n) is 11.7. The minimum absolute atomic E-state index is 0.0867. The van der Waals surface area contributed by atoms with Gasteiger partial charge >= 0.3 is 5.97 Å². The summed E-state index contributed by atoms with van der Waals surface area (Å²) in [5, 5.41) is 0. The standard InChI is InChI=1S/C29H23NO5/c31-27-25-20-10-11-21(16-20)26(25)28(32)30(27)22-12-14-23(15-13-22)34-17-18-6-8-19(9-7-18)29(33)35-24-4-2-1-3-5-24/h1-15,20-21,25-26H,16-17H2/t20-,21-,25-,26+/m0/s1. The fraction of sp³-hybridized carbons (Fsp3) is 0.207. The van der Waals surface area contributed by atoms with Crippen molar-refractivity contribution in [3.8, 4) is 11.5 Å². The van der Waals surface area contributed by atoms with Gasteiger partial charge in [-0.15, -0.1) is 0 Å². The van der Waals surface area contributed by atoms with Crippen LogP contribution in [-0.2, 0) is 16.2 Å². The molecule has 6 rings (SSSR count). The molecule has 6 nitrogen and oxygen atoms in total. The second kappa shape index (κ2) is 8.55. The number of esters is 1. The van der Waals surface area contributed by atoms with Crippen LogP contribution in [0.15, 0.2) is 91.0 Å². The maximum atomic E-state index is 13.0. The zero-order valence-electron chi connectivity index (χ0n) is 18.9. The molecule has 35 heavy (non-hydrogen) atoms. The lowest BCUT2D eigenvalue weighted by Gasteiger charge is -2.17. The molecular weight excluding hydrogens is 442 g/mol. The van der Waals surface area contributed by atoms with E-state index in [-0.39, 0.29) is 35.5 Å². The van der Waals surface area contributed by atoms with Crippen LogP contribution < -0.4 is 14.4 Å². The molecule has 1 saturated heterocycles. The van der Waals surface area contributed by atoms with Crippen LogP contribution in [0.4, 0.5) is 5.69 Å². The summed E-state index contributed by atoms with van der Waals surface area (Å²) < 4.78 is 11.2. The minimum atomic E-state index is -0.418. The van der Waals surface area contributed by atoms with Crippen molar-refractivity contribution in [1.29, 1.82) is 0 Å². The van der Waals surface area contributed by atoms with Gasteiger partial charge in [0, 0.05) is 0 Å². The van der Waals surface area contributed by atoms with Crippen LogP contribution >= 0.6 is 0 Å². The monoisotopic (exact) mass is 465 g/mol. The Bertz CT molecular complexity index is 1280. The van der Waals surface area contributed by atoms with E-state index < -0.39 is 5.97 Å². The molecule has 0 radical (unpaired) electrons. The number of ether oxygens (including phenoxy) is 2. The molecule has 1 heterocycles. The minimum Gasteiger partial charge on any atom is -0.489 e. The Hall–Kier alpha value is -4.19. The SMILES string of the molecule is O=C(Oc1ccccc1)c1ccc(COc2ccc(N3C(=O)[C@@H]4[C@H](C3=O)[C@H]3C=C[C@H]4C3)cc2)cc1. The Morgan fingerprint density at radius 3 is 2.03 bits per heavy atom. The van der Waals surface area contributed by atoms with Crippen LogP contribution in [-0.4, -0.2) is 17.8 Å². The summed E-state index contributed by atoms with van der Waals surface area (Å²) in [6, 6.07) is 23.0. The number of fused-ring (bicyclic) bond motifs is 5. The Kier molecular flexibility index (Phi) is 5.21. The third-order valence-corrected chi connectivity index (χ3v) is 7.11. The third-order valence-electron chi connectivity index (χ3n) is 7.11. The number of hydrogen-bond acceptors (Lipinski definition) is 5. The van der Waals surface area contributed by atoms with Crippen molar-refractivity contribution in [2.45, 2.75) is 13.0 Å². The van der Waals surface area contributed by atoms with Gasteiger partial charge in [0.15, 0.2) is 0 Å². The van der Waals surface area contributed by atoms with Crippen molar-refractivity contribution in [2.75, 3.05) is 4.90 Å². The van der Waals surface area contributed by atoms with Gasteiger partial charge in [0.1, 0.15) is 18.1 Å². The van der Waals surface area contributed by atoms with E-state index in [0.717, 1.165) is 12.0 Å². The van der Waals surface area contributed by atoms with E-state index in [1.807, 2.05) is 30.3 Å². The van der Waals surface area contributed by atoms with Crippen LogP contribution in [0.25, 0.3) is 0 Å². The molecule has 6 heteroatoms. The predicted octanol–water partition coefficient (Wildman–Crippen LogP) is 4.80.